The Labute approximate surface area is 111 Å². The van der Waals surface area contributed by atoms with E-state index in [4.69, 9.17) is 0 Å². The quantitative estimate of drug-likeness (QED) is 0.747. The number of benzene rings is 1. The summed E-state index contributed by atoms with van der Waals surface area (Å²) in [6, 6.07) is 10.4. The zero-order valence-corrected chi connectivity index (χ0v) is 12.0. The number of carbonyl (C=O) groups excluding carboxylic acids is 1. The molecule has 0 unspecified atom stereocenters. The summed E-state index contributed by atoms with van der Waals surface area (Å²) in [4.78, 5) is 14.2. The second-order valence-corrected chi connectivity index (χ2v) is 5.53. The molecule has 1 rings (SSSR count). The predicted octanol–water partition coefficient (Wildman–Crippen LogP) is 3.86. The predicted molar refractivity (Wildman–Crippen MR) is 76.2 cm³/mol. The summed E-state index contributed by atoms with van der Waals surface area (Å²) in [5, 5.41) is 0. The molecule has 0 aromatic heterocycles. The smallest absolute Gasteiger partial charge is 0.223 e. The lowest BCUT2D eigenvalue weighted by atomic mass is 10.1. The molecule has 1 aromatic rings. The van der Waals surface area contributed by atoms with Gasteiger partial charge in [0.2, 0.25) is 5.91 Å². The third-order valence-corrected chi connectivity index (χ3v) is 3.07. The van der Waals surface area contributed by atoms with Gasteiger partial charge in [0.15, 0.2) is 0 Å². The molecule has 0 atom stereocenters. The van der Waals surface area contributed by atoms with Gasteiger partial charge < -0.3 is 4.90 Å². The van der Waals surface area contributed by atoms with Crippen molar-refractivity contribution in [2.75, 3.05) is 0 Å². The van der Waals surface area contributed by atoms with Crippen LogP contribution in [-0.2, 0) is 11.3 Å². The summed E-state index contributed by atoms with van der Waals surface area (Å²) >= 11 is 0. The largest absolute Gasteiger partial charge is 0.336 e. The first-order chi connectivity index (χ1) is 8.50. The summed E-state index contributed by atoms with van der Waals surface area (Å²) in [5.74, 6) is 0.849. The molecule has 0 spiro atoms. The molecule has 0 heterocycles. The van der Waals surface area contributed by atoms with Crippen LogP contribution in [0.15, 0.2) is 30.3 Å². The number of amides is 1. The Balaban J connectivity index is 2.62. The lowest BCUT2D eigenvalue weighted by molar-refractivity contribution is -0.133. The first-order valence-electron chi connectivity index (χ1n) is 6.84. The highest BCUT2D eigenvalue weighted by atomic mass is 16.2. The fourth-order valence-electron chi connectivity index (χ4n) is 1.89. The Morgan fingerprint density at radius 2 is 1.72 bits per heavy atom. The van der Waals surface area contributed by atoms with Gasteiger partial charge in [0.25, 0.3) is 0 Å². The van der Waals surface area contributed by atoms with Gasteiger partial charge in [-0.3, -0.25) is 4.79 Å². The van der Waals surface area contributed by atoms with Gasteiger partial charge in [-0.25, -0.2) is 0 Å². The molecule has 0 saturated heterocycles. The van der Waals surface area contributed by atoms with Crippen molar-refractivity contribution >= 4 is 5.91 Å². The van der Waals surface area contributed by atoms with Gasteiger partial charge in [0.05, 0.1) is 0 Å². The van der Waals surface area contributed by atoms with E-state index in [1.165, 1.54) is 5.56 Å². The summed E-state index contributed by atoms with van der Waals surface area (Å²) in [6.07, 6.45) is 1.62. The summed E-state index contributed by atoms with van der Waals surface area (Å²) in [6.45, 7) is 9.19. The molecule has 2 heteroatoms. The maximum absolute atomic E-state index is 12.2. The van der Waals surface area contributed by atoms with Gasteiger partial charge in [-0.05, 0) is 31.7 Å². The molecule has 0 fully saturated rings. The monoisotopic (exact) mass is 247 g/mol. The molecule has 0 bridgehead atoms. The maximum atomic E-state index is 12.2. The van der Waals surface area contributed by atoms with Gasteiger partial charge in [0.1, 0.15) is 0 Å². The normalized spacial score (nSPS) is 11.0. The van der Waals surface area contributed by atoms with Crippen molar-refractivity contribution in [3.8, 4) is 0 Å². The van der Waals surface area contributed by atoms with E-state index in [-0.39, 0.29) is 11.9 Å². The number of rotatable bonds is 6. The van der Waals surface area contributed by atoms with E-state index in [2.05, 4.69) is 39.8 Å². The first kappa shape index (κ1) is 14.7. The first-order valence-corrected chi connectivity index (χ1v) is 6.84. The summed E-state index contributed by atoms with van der Waals surface area (Å²) < 4.78 is 0. The average molecular weight is 247 g/mol. The van der Waals surface area contributed by atoms with Crippen LogP contribution in [0.4, 0.5) is 0 Å². The number of carbonyl (C=O) groups is 1. The molecule has 0 radical (unpaired) electrons. The SMILES string of the molecule is CC(C)CCC(=O)N(Cc1ccccc1)C(C)C. The molecule has 0 saturated carbocycles. The Kier molecular flexibility index (Phi) is 5.90. The molecular weight excluding hydrogens is 222 g/mol. The minimum atomic E-state index is 0.255. The fraction of sp³-hybridized carbons (Fsp3) is 0.562. The van der Waals surface area contributed by atoms with Crippen molar-refractivity contribution < 1.29 is 4.79 Å². The van der Waals surface area contributed by atoms with Crippen LogP contribution in [0, 0.1) is 5.92 Å². The number of hydrogen-bond acceptors (Lipinski definition) is 1. The molecule has 0 N–H and O–H groups in total. The van der Waals surface area contributed by atoms with E-state index in [0.717, 1.165) is 13.0 Å². The van der Waals surface area contributed by atoms with E-state index >= 15 is 0 Å². The Hall–Kier alpha value is -1.31. The topological polar surface area (TPSA) is 20.3 Å². The standard InChI is InChI=1S/C16H25NO/c1-13(2)10-11-16(18)17(14(3)4)12-15-8-6-5-7-9-15/h5-9,13-14H,10-12H2,1-4H3. The third-order valence-electron chi connectivity index (χ3n) is 3.07. The highest BCUT2D eigenvalue weighted by molar-refractivity contribution is 5.76. The Morgan fingerprint density at radius 3 is 2.22 bits per heavy atom. The van der Waals surface area contributed by atoms with Crippen LogP contribution in [0.25, 0.3) is 0 Å². The van der Waals surface area contributed by atoms with Crippen molar-refractivity contribution in [3.63, 3.8) is 0 Å². The minimum Gasteiger partial charge on any atom is -0.336 e. The minimum absolute atomic E-state index is 0.255. The molecule has 0 aliphatic carbocycles. The second kappa shape index (κ2) is 7.20. The lowest BCUT2D eigenvalue weighted by Gasteiger charge is -2.27. The van der Waals surface area contributed by atoms with E-state index in [0.29, 0.717) is 12.3 Å². The van der Waals surface area contributed by atoms with E-state index in [1.807, 2.05) is 23.1 Å². The average Bonchev–Trinajstić information content (AvgIpc) is 2.34. The molecule has 0 aliphatic rings. The molecule has 100 valence electrons. The molecule has 18 heavy (non-hydrogen) atoms. The van der Waals surface area contributed by atoms with Crippen LogP contribution in [-0.4, -0.2) is 16.8 Å². The van der Waals surface area contributed by atoms with E-state index in [9.17, 15) is 4.79 Å². The molecular formula is C16H25NO. The maximum Gasteiger partial charge on any atom is 0.223 e. The summed E-state index contributed by atoms with van der Waals surface area (Å²) in [5.41, 5.74) is 1.20. The third kappa shape index (κ3) is 4.91. The van der Waals surface area contributed by atoms with Crippen LogP contribution >= 0.6 is 0 Å². The highest BCUT2D eigenvalue weighted by Gasteiger charge is 2.17. The van der Waals surface area contributed by atoms with Gasteiger partial charge in [-0.2, -0.15) is 0 Å². The van der Waals surface area contributed by atoms with Crippen molar-refractivity contribution in [1.82, 2.24) is 4.90 Å². The van der Waals surface area contributed by atoms with Crippen molar-refractivity contribution in [1.29, 1.82) is 0 Å². The fourth-order valence-corrected chi connectivity index (χ4v) is 1.89. The number of nitrogens with zero attached hydrogens (tertiary/aromatic N) is 1. The molecule has 2 nitrogen and oxygen atoms in total. The van der Waals surface area contributed by atoms with Gasteiger partial charge >= 0.3 is 0 Å². The van der Waals surface area contributed by atoms with Crippen LogP contribution < -0.4 is 0 Å². The van der Waals surface area contributed by atoms with Crippen LogP contribution in [0.5, 0.6) is 0 Å². The highest BCUT2D eigenvalue weighted by Crippen LogP contribution is 2.13. The number of hydrogen-bond donors (Lipinski definition) is 0. The second-order valence-electron chi connectivity index (χ2n) is 5.53. The van der Waals surface area contributed by atoms with Gasteiger partial charge in [0, 0.05) is 19.0 Å². The van der Waals surface area contributed by atoms with Crippen LogP contribution in [0.3, 0.4) is 0 Å². The van der Waals surface area contributed by atoms with E-state index in [1.54, 1.807) is 0 Å². The molecule has 1 aromatic carbocycles. The zero-order chi connectivity index (χ0) is 13.5. The lowest BCUT2D eigenvalue weighted by Crippen LogP contribution is -2.36. The van der Waals surface area contributed by atoms with Crippen molar-refractivity contribution in [3.05, 3.63) is 35.9 Å². The summed E-state index contributed by atoms with van der Waals surface area (Å²) in [7, 11) is 0. The van der Waals surface area contributed by atoms with Crippen LogP contribution in [0.1, 0.15) is 46.1 Å². The van der Waals surface area contributed by atoms with Gasteiger partial charge in [-0.1, -0.05) is 44.2 Å². The van der Waals surface area contributed by atoms with E-state index < -0.39 is 0 Å². The molecule has 1 amide bonds. The zero-order valence-electron chi connectivity index (χ0n) is 12.0. The van der Waals surface area contributed by atoms with Crippen molar-refractivity contribution in [2.45, 2.75) is 53.1 Å². The Morgan fingerprint density at radius 1 is 1.11 bits per heavy atom. The molecule has 0 aliphatic heterocycles. The Bertz CT molecular complexity index is 357. The van der Waals surface area contributed by atoms with Crippen molar-refractivity contribution in [2.24, 2.45) is 5.92 Å². The van der Waals surface area contributed by atoms with Crippen LogP contribution in [0.2, 0.25) is 0 Å². The van der Waals surface area contributed by atoms with Gasteiger partial charge in [-0.15, -0.1) is 0 Å².